The summed E-state index contributed by atoms with van der Waals surface area (Å²) >= 11 is 0. The zero-order chi connectivity index (χ0) is 15.7. The van der Waals surface area contributed by atoms with E-state index in [-0.39, 0.29) is 11.7 Å². The van der Waals surface area contributed by atoms with Gasteiger partial charge >= 0.3 is 0 Å². The molecule has 3 rings (SSSR count). The van der Waals surface area contributed by atoms with Gasteiger partial charge in [-0.05, 0) is 34.4 Å². The van der Waals surface area contributed by atoms with Gasteiger partial charge in [0.15, 0.2) is 0 Å². The van der Waals surface area contributed by atoms with Crippen molar-refractivity contribution in [3.8, 4) is 0 Å². The van der Waals surface area contributed by atoms with Crippen LogP contribution in [0.2, 0.25) is 0 Å². The number of hydrogen-bond donors (Lipinski definition) is 1. The van der Waals surface area contributed by atoms with Crippen molar-refractivity contribution in [1.82, 2.24) is 4.90 Å². The van der Waals surface area contributed by atoms with Crippen LogP contribution in [0.15, 0.2) is 42.5 Å². The lowest BCUT2D eigenvalue weighted by atomic mass is 9.98. The Balaban J connectivity index is 1.83. The molecule has 0 saturated carbocycles. The van der Waals surface area contributed by atoms with Gasteiger partial charge in [0, 0.05) is 19.5 Å². The summed E-state index contributed by atoms with van der Waals surface area (Å²) in [5.74, 6) is -0.185. The molecule has 114 valence electrons. The van der Waals surface area contributed by atoms with E-state index in [1.165, 1.54) is 12.1 Å². The van der Waals surface area contributed by atoms with Crippen LogP contribution in [0, 0.1) is 5.82 Å². The highest BCUT2D eigenvalue weighted by atomic mass is 19.1. The second-order valence-electron chi connectivity index (χ2n) is 5.59. The molecular formula is C18H18FNO2. The van der Waals surface area contributed by atoms with Crippen molar-refractivity contribution in [1.29, 1.82) is 0 Å². The first-order valence-corrected chi connectivity index (χ1v) is 7.41. The molecule has 22 heavy (non-hydrogen) atoms. The third kappa shape index (κ3) is 2.74. The highest BCUT2D eigenvalue weighted by Crippen LogP contribution is 2.29. The molecule has 0 fully saturated rings. The topological polar surface area (TPSA) is 40.5 Å². The van der Waals surface area contributed by atoms with E-state index in [4.69, 9.17) is 0 Å². The number of amides is 1. The molecule has 3 nitrogen and oxygen atoms in total. The monoisotopic (exact) mass is 299 g/mol. The number of carbonyl (C=O) groups excluding carboxylic acids is 1. The van der Waals surface area contributed by atoms with E-state index in [1.54, 1.807) is 12.1 Å². The van der Waals surface area contributed by atoms with Crippen molar-refractivity contribution < 1.29 is 14.3 Å². The fourth-order valence-electron chi connectivity index (χ4n) is 2.82. The number of rotatable bonds is 3. The molecule has 0 saturated heterocycles. The van der Waals surface area contributed by atoms with Crippen LogP contribution in [-0.2, 0) is 17.9 Å². The molecule has 0 radical (unpaired) electrons. The quantitative estimate of drug-likeness (QED) is 0.945. The van der Waals surface area contributed by atoms with E-state index in [1.807, 2.05) is 30.0 Å². The van der Waals surface area contributed by atoms with Crippen molar-refractivity contribution in [2.75, 3.05) is 0 Å². The van der Waals surface area contributed by atoms with Crippen LogP contribution in [-0.4, -0.2) is 15.9 Å². The van der Waals surface area contributed by atoms with Crippen LogP contribution < -0.4 is 0 Å². The Morgan fingerprint density at radius 2 is 1.77 bits per heavy atom. The smallest absolute Gasteiger partial charge is 0.222 e. The van der Waals surface area contributed by atoms with Gasteiger partial charge in [-0.3, -0.25) is 4.79 Å². The van der Waals surface area contributed by atoms with Crippen molar-refractivity contribution in [2.45, 2.75) is 32.5 Å². The second kappa shape index (κ2) is 5.89. The summed E-state index contributed by atoms with van der Waals surface area (Å²) in [6, 6.07) is 11.6. The minimum absolute atomic E-state index is 0.136. The predicted molar refractivity (Wildman–Crippen MR) is 81.4 cm³/mol. The third-order valence-electron chi connectivity index (χ3n) is 4.11. The van der Waals surface area contributed by atoms with Gasteiger partial charge < -0.3 is 10.0 Å². The molecule has 1 atom stereocenters. The minimum Gasteiger partial charge on any atom is -0.384 e. The molecular weight excluding hydrogens is 281 g/mol. The van der Waals surface area contributed by atoms with E-state index < -0.39 is 6.10 Å². The molecule has 1 aliphatic rings. The molecule has 0 aromatic heterocycles. The summed E-state index contributed by atoms with van der Waals surface area (Å²) in [7, 11) is 0. The van der Waals surface area contributed by atoms with Gasteiger partial charge in [-0.25, -0.2) is 4.39 Å². The van der Waals surface area contributed by atoms with E-state index in [0.29, 0.717) is 25.1 Å². The fraction of sp³-hybridized carbons (Fsp3) is 0.278. The standard InChI is InChI=1S/C18H18FNO2/c1-2-17(21)20-10-14-4-3-13(9-15(14)11-20)18(22)12-5-7-16(19)8-6-12/h3-9,18,22H,2,10-11H2,1H3. The van der Waals surface area contributed by atoms with Crippen molar-refractivity contribution in [3.05, 3.63) is 70.5 Å². The maximum Gasteiger partial charge on any atom is 0.222 e. The van der Waals surface area contributed by atoms with Gasteiger partial charge in [-0.2, -0.15) is 0 Å². The molecule has 0 spiro atoms. The van der Waals surface area contributed by atoms with E-state index >= 15 is 0 Å². The summed E-state index contributed by atoms with van der Waals surface area (Å²) < 4.78 is 13.0. The first kappa shape index (κ1) is 14.7. The Bertz CT molecular complexity index is 697. The molecule has 0 bridgehead atoms. The van der Waals surface area contributed by atoms with Gasteiger partial charge in [0.05, 0.1) is 0 Å². The van der Waals surface area contributed by atoms with Gasteiger partial charge in [0.1, 0.15) is 11.9 Å². The van der Waals surface area contributed by atoms with E-state index in [2.05, 4.69) is 0 Å². The Hall–Kier alpha value is -2.20. The zero-order valence-corrected chi connectivity index (χ0v) is 12.4. The average molecular weight is 299 g/mol. The SMILES string of the molecule is CCC(=O)N1Cc2ccc(C(O)c3ccc(F)cc3)cc2C1. The maximum absolute atomic E-state index is 13.0. The van der Waals surface area contributed by atoms with Gasteiger partial charge in [0.25, 0.3) is 0 Å². The third-order valence-corrected chi connectivity index (χ3v) is 4.11. The Morgan fingerprint density at radius 3 is 2.45 bits per heavy atom. The molecule has 2 aromatic rings. The summed E-state index contributed by atoms with van der Waals surface area (Å²) in [6.45, 7) is 3.08. The number of halogens is 1. The van der Waals surface area contributed by atoms with Gasteiger partial charge in [-0.1, -0.05) is 37.3 Å². The van der Waals surface area contributed by atoms with Crippen LogP contribution in [0.25, 0.3) is 0 Å². The highest BCUT2D eigenvalue weighted by Gasteiger charge is 2.23. The van der Waals surface area contributed by atoms with Crippen LogP contribution in [0.3, 0.4) is 0 Å². The summed E-state index contributed by atoms with van der Waals surface area (Å²) in [4.78, 5) is 13.6. The van der Waals surface area contributed by atoms with Crippen LogP contribution in [0.4, 0.5) is 4.39 Å². The van der Waals surface area contributed by atoms with Crippen molar-refractivity contribution in [2.24, 2.45) is 0 Å². The molecule has 4 heteroatoms. The van der Waals surface area contributed by atoms with Gasteiger partial charge in [0.2, 0.25) is 5.91 Å². The lowest BCUT2D eigenvalue weighted by Gasteiger charge is -2.13. The largest absolute Gasteiger partial charge is 0.384 e. The van der Waals surface area contributed by atoms with E-state index in [9.17, 15) is 14.3 Å². The summed E-state index contributed by atoms with van der Waals surface area (Å²) in [6.07, 6.45) is -0.291. The van der Waals surface area contributed by atoms with Crippen LogP contribution >= 0.6 is 0 Å². The minimum atomic E-state index is -0.790. The average Bonchev–Trinajstić information content (AvgIpc) is 2.97. The number of nitrogens with zero attached hydrogens (tertiary/aromatic N) is 1. The number of carbonyl (C=O) groups is 1. The lowest BCUT2D eigenvalue weighted by Crippen LogP contribution is -2.23. The summed E-state index contributed by atoms with van der Waals surface area (Å²) in [5, 5.41) is 10.4. The number of benzene rings is 2. The number of aliphatic hydroxyl groups is 1. The molecule has 0 aliphatic carbocycles. The maximum atomic E-state index is 13.0. The van der Waals surface area contributed by atoms with Crippen molar-refractivity contribution >= 4 is 5.91 Å². The second-order valence-corrected chi connectivity index (χ2v) is 5.59. The summed E-state index contributed by atoms with van der Waals surface area (Å²) in [5.41, 5.74) is 3.61. The molecule has 2 aromatic carbocycles. The van der Waals surface area contributed by atoms with Crippen LogP contribution in [0.5, 0.6) is 0 Å². The molecule has 1 unspecified atom stereocenters. The molecule has 1 aliphatic heterocycles. The zero-order valence-electron chi connectivity index (χ0n) is 12.4. The molecule has 1 amide bonds. The Labute approximate surface area is 129 Å². The molecule has 1 heterocycles. The highest BCUT2D eigenvalue weighted by molar-refractivity contribution is 5.76. The fourth-order valence-corrected chi connectivity index (χ4v) is 2.82. The first-order chi connectivity index (χ1) is 10.6. The Morgan fingerprint density at radius 1 is 1.14 bits per heavy atom. The van der Waals surface area contributed by atoms with Gasteiger partial charge in [-0.15, -0.1) is 0 Å². The van der Waals surface area contributed by atoms with E-state index in [0.717, 1.165) is 16.7 Å². The van der Waals surface area contributed by atoms with Crippen LogP contribution in [0.1, 0.15) is 41.7 Å². The lowest BCUT2D eigenvalue weighted by molar-refractivity contribution is -0.131. The number of hydrogen-bond acceptors (Lipinski definition) is 2. The normalized spacial score (nSPS) is 14.8. The number of fused-ring (bicyclic) bond motifs is 1. The van der Waals surface area contributed by atoms with Crippen molar-refractivity contribution in [3.63, 3.8) is 0 Å². The Kier molecular flexibility index (Phi) is 3.94. The first-order valence-electron chi connectivity index (χ1n) is 7.41. The predicted octanol–water partition coefficient (Wildman–Crippen LogP) is 3.16. The number of aliphatic hydroxyl groups excluding tert-OH is 1. The molecule has 1 N–H and O–H groups in total.